The predicted octanol–water partition coefficient (Wildman–Crippen LogP) is 1.25. The molecule has 2 aliphatic heterocycles. The maximum Gasteiger partial charge on any atom is 0.234 e. The second-order valence-electron chi connectivity index (χ2n) is 8.08. The first kappa shape index (κ1) is 19.1. The molecule has 1 N–H and O–H groups in total. The molecule has 1 saturated carbocycles. The Morgan fingerprint density at radius 3 is 2.60 bits per heavy atom. The Morgan fingerprint density at radius 2 is 1.88 bits per heavy atom. The van der Waals surface area contributed by atoms with Gasteiger partial charge in [-0.3, -0.25) is 14.6 Å². The molecule has 2 heterocycles. The molecular weight excluding hydrogens is 318 g/mol. The second kappa shape index (κ2) is 8.80. The van der Waals surface area contributed by atoms with Crippen LogP contribution in [0.5, 0.6) is 0 Å². The van der Waals surface area contributed by atoms with Crippen molar-refractivity contribution in [1.29, 1.82) is 0 Å². The van der Waals surface area contributed by atoms with E-state index in [4.69, 9.17) is 9.47 Å². The van der Waals surface area contributed by atoms with E-state index in [2.05, 4.69) is 29.0 Å². The van der Waals surface area contributed by atoms with Crippen molar-refractivity contribution in [3.8, 4) is 0 Å². The lowest BCUT2D eigenvalue weighted by atomic mass is 9.79. The number of hydrogen-bond acceptors (Lipinski definition) is 5. The molecule has 3 aliphatic rings. The van der Waals surface area contributed by atoms with Crippen LogP contribution in [-0.4, -0.2) is 85.9 Å². The fraction of sp³-hybridized carbons (Fsp3) is 0.947. The highest BCUT2D eigenvalue weighted by Gasteiger charge is 2.39. The van der Waals surface area contributed by atoms with Crippen molar-refractivity contribution in [3.05, 3.63) is 0 Å². The lowest BCUT2D eigenvalue weighted by molar-refractivity contribution is -0.127. The zero-order chi connectivity index (χ0) is 17.7. The number of rotatable bonds is 5. The zero-order valence-electron chi connectivity index (χ0n) is 16.0. The number of morpholine rings is 2. The largest absolute Gasteiger partial charge is 0.379 e. The van der Waals surface area contributed by atoms with Crippen LogP contribution in [0.4, 0.5) is 0 Å². The fourth-order valence-corrected chi connectivity index (χ4v) is 4.55. The third kappa shape index (κ3) is 4.94. The van der Waals surface area contributed by atoms with E-state index >= 15 is 0 Å². The smallest absolute Gasteiger partial charge is 0.234 e. The van der Waals surface area contributed by atoms with Gasteiger partial charge in [0.2, 0.25) is 5.91 Å². The van der Waals surface area contributed by atoms with Crippen molar-refractivity contribution in [2.45, 2.75) is 63.6 Å². The number of amides is 1. The van der Waals surface area contributed by atoms with Crippen LogP contribution in [0.25, 0.3) is 0 Å². The number of carbonyl (C=O) groups excluding carboxylic acids is 1. The summed E-state index contributed by atoms with van der Waals surface area (Å²) in [6.45, 7) is 10.6. The van der Waals surface area contributed by atoms with E-state index in [1.807, 2.05) is 0 Å². The van der Waals surface area contributed by atoms with Gasteiger partial charge in [0.1, 0.15) is 0 Å². The molecule has 2 atom stereocenters. The second-order valence-corrected chi connectivity index (χ2v) is 8.08. The van der Waals surface area contributed by atoms with E-state index < -0.39 is 0 Å². The first-order chi connectivity index (χ1) is 12.1. The number of carbonyl (C=O) groups is 1. The molecule has 0 radical (unpaired) electrons. The first-order valence-corrected chi connectivity index (χ1v) is 10.0. The Labute approximate surface area is 152 Å². The van der Waals surface area contributed by atoms with Gasteiger partial charge in [0, 0.05) is 37.8 Å². The number of ether oxygens (including phenoxy) is 2. The van der Waals surface area contributed by atoms with Gasteiger partial charge in [0.25, 0.3) is 0 Å². The van der Waals surface area contributed by atoms with Crippen molar-refractivity contribution in [2.24, 2.45) is 0 Å². The Kier molecular flexibility index (Phi) is 6.72. The Balaban J connectivity index is 1.54. The molecule has 0 bridgehead atoms. The molecule has 6 nitrogen and oxygen atoms in total. The van der Waals surface area contributed by atoms with Crippen molar-refractivity contribution in [2.75, 3.05) is 52.5 Å². The van der Waals surface area contributed by atoms with Gasteiger partial charge in [-0.15, -0.1) is 0 Å². The molecule has 2 saturated heterocycles. The lowest BCUT2D eigenvalue weighted by Crippen LogP contribution is -2.60. The van der Waals surface area contributed by atoms with E-state index in [9.17, 15) is 4.79 Å². The molecule has 0 aromatic carbocycles. The minimum absolute atomic E-state index is 0.140. The summed E-state index contributed by atoms with van der Waals surface area (Å²) < 4.78 is 11.2. The highest BCUT2D eigenvalue weighted by molar-refractivity contribution is 5.78. The van der Waals surface area contributed by atoms with Gasteiger partial charge in [0.05, 0.1) is 32.5 Å². The van der Waals surface area contributed by atoms with Crippen molar-refractivity contribution in [1.82, 2.24) is 15.1 Å². The summed E-state index contributed by atoms with van der Waals surface area (Å²) in [6, 6.07) is 0.310. The van der Waals surface area contributed by atoms with Gasteiger partial charge in [-0.1, -0.05) is 19.3 Å². The average molecular weight is 354 g/mol. The highest BCUT2D eigenvalue weighted by Crippen LogP contribution is 2.33. The molecule has 25 heavy (non-hydrogen) atoms. The maximum absolute atomic E-state index is 12.6. The van der Waals surface area contributed by atoms with Gasteiger partial charge in [-0.2, -0.15) is 0 Å². The maximum atomic E-state index is 12.6. The van der Waals surface area contributed by atoms with Crippen molar-refractivity contribution in [3.63, 3.8) is 0 Å². The van der Waals surface area contributed by atoms with Crippen LogP contribution in [0.3, 0.4) is 0 Å². The third-order valence-electron chi connectivity index (χ3n) is 6.16. The van der Waals surface area contributed by atoms with E-state index in [1.165, 1.54) is 32.1 Å². The minimum Gasteiger partial charge on any atom is -0.379 e. The van der Waals surface area contributed by atoms with Crippen LogP contribution in [0.15, 0.2) is 0 Å². The zero-order valence-corrected chi connectivity index (χ0v) is 16.0. The quantitative estimate of drug-likeness (QED) is 0.806. The molecule has 0 aromatic rings. The SMILES string of the molecule is CC1CN(CC(=O)NCC2(N3CCOCC3)CCCCC2)C(C)CO1. The molecule has 1 aliphatic carbocycles. The van der Waals surface area contributed by atoms with Crippen LogP contribution >= 0.6 is 0 Å². The van der Waals surface area contributed by atoms with Gasteiger partial charge >= 0.3 is 0 Å². The summed E-state index contributed by atoms with van der Waals surface area (Å²) in [7, 11) is 0. The summed E-state index contributed by atoms with van der Waals surface area (Å²) in [4.78, 5) is 17.4. The molecule has 3 fully saturated rings. The molecule has 144 valence electrons. The Hall–Kier alpha value is -0.690. The standard InChI is InChI=1S/C19H35N3O3/c1-16-14-25-17(2)12-21(16)13-18(23)20-15-19(6-4-3-5-7-19)22-8-10-24-11-9-22/h16-17H,3-15H2,1-2H3,(H,20,23). The lowest BCUT2D eigenvalue weighted by Gasteiger charge is -2.48. The van der Waals surface area contributed by atoms with E-state index in [1.54, 1.807) is 0 Å². The van der Waals surface area contributed by atoms with Crippen LogP contribution in [0.2, 0.25) is 0 Å². The van der Waals surface area contributed by atoms with Gasteiger partial charge in [-0.05, 0) is 26.7 Å². The fourth-order valence-electron chi connectivity index (χ4n) is 4.55. The van der Waals surface area contributed by atoms with E-state index in [-0.39, 0.29) is 17.6 Å². The van der Waals surface area contributed by atoms with Crippen LogP contribution in [0, 0.1) is 0 Å². The molecule has 0 aromatic heterocycles. The number of hydrogen-bond donors (Lipinski definition) is 1. The van der Waals surface area contributed by atoms with Gasteiger partial charge in [-0.25, -0.2) is 0 Å². The molecule has 0 spiro atoms. The van der Waals surface area contributed by atoms with Gasteiger partial charge in [0.15, 0.2) is 0 Å². The minimum atomic E-state index is 0.140. The van der Waals surface area contributed by atoms with Crippen LogP contribution in [-0.2, 0) is 14.3 Å². The summed E-state index contributed by atoms with van der Waals surface area (Å²) in [5.41, 5.74) is 0.140. The van der Waals surface area contributed by atoms with Crippen molar-refractivity contribution >= 4 is 5.91 Å². The van der Waals surface area contributed by atoms with Crippen molar-refractivity contribution < 1.29 is 14.3 Å². The molecular formula is C19H35N3O3. The summed E-state index contributed by atoms with van der Waals surface area (Å²) >= 11 is 0. The van der Waals surface area contributed by atoms with Crippen LogP contribution < -0.4 is 5.32 Å². The first-order valence-electron chi connectivity index (χ1n) is 10.0. The molecule has 2 unspecified atom stereocenters. The summed E-state index contributed by atoms with van der Waals surface area (Å²) in [5, 5.41) is 3.27. The van der Waals surface area contributed by atoms with Crippen LogP contribution in [0.1, 0.15) is 46.0 Å². The van der Waals surface area contributed by atoms with E-state index in [0.29, 0.717) is 19.2 Å². The summed E-state index contributed by atoms with van der Waals surface area (Å²) in [5.74, 6) is 0.152. The Morgan fingerprint density at radius 1 is 1.16 bits per heavy atom. The topological polar surface area (TPSA) is 54.0 Å². The monoisotopic (exact) mass is 353 g/mol. The average Bonchev–Trinajstić information content (AvgIpc) is 2.65. The molecule has 6 heteroatoms. The normalized spacial score (nSPS) is 31.6. The van der Waals surface area contributed by atoms with E-state index in [0.717, 1.165) is 39.4 Å². The third-order valence-corrected chi connectivity index (χ3v) is 6.16. The number of nitrogens with one attached hydrogen (secondary N) is 1. The van der Waals surface area contributed by atoms with Gasteiger partial charge < -0.3 is 14.8 Å². The molecule has 1 amide bonds. The molecule has 3 rings (SSSR count). The highest BCUT2D eigenvalue weighted by atomic mass is 16.5. The predicted molar refractivity (Wildman–Crippen MR) is 97.7 cm³/mol. The number of nitrogens with zero attached hydrogens (tertiary/aromatic N) is 2. The summed E-state index contributed by atoms with van der Waals surface area (Å²) in [6.07, 6.45) is 6.46. The Bertz CT molecular complexity index is 434.